The van der Waals surface area contributed by atoms with E-state index in [1.165, 1.54) is 4.31 Å². The first-order valence-corrected chi connectivity index (χ1v) is 12.6. The number of aromatic nitrogens is 1. The average Bonchev–Trinajstić information content (AvgIpc) is 3.14. The Balaban J connectivity index is 1.50. The van der Waals surface area contributed by atoms with Crippen molar-refractivity contribution < 1.29 is 17.9 Å². The van der Waals surface area contributed by atoms with Crippen molar-refractivity contribution in [2.75, 3.05) is 38.7 Å². The number of ether oxygens (including phenoxy) is 2. The molecule has 180 valence electrons. The molecular weight excluding hydrogens is 498 g/mol. The number of fused-ring (bicyclic) bond motifs is 1. The van der Waals surface area contributed by atoms with Crippen LogP contribution >= 0.6 is 23.8 Å². The van der Waals surface area contributed by atoms with E-state index in [9.17, 15) is 8.42 Å². The Labute approximate surface area is 208 Å². The lowest BCUT2D eigenvalue weighted by Gasteiger charge is -2.26. The van der Waals surface area contributed by atoms with Gasteiger partial charge in [-0.1, -0.05) is 11.6 Å². The van der Waals surface area contributed by atoms with Gasteiger partial charge in [-0.2, -0.15) is 9.41 Å². The summed E-state index contributed by atoms with van der Waals surface area (Å²) in [4.78, 5) is 0.240. The number of anilines is 1. The molecule has 0 saturated carbocycles. The molecule has 0 bridgehead atoms. The Morgan fingerprint density at radius 1 is 1.24 bits per heavy atom. The van der Waals surface area contributed by atoms with Crippen LogP contribution in [0.2, 0.25) is 5.02 Å². The van der Waals surface area contributed by atoms with Gasteiger partial charge in [0.15, 0.2) is 5.11 Å². The van der Waals surface area contributed by atoms with Crippen molar-refractivity contribution >= 4 is 61.8 Å². The number of hydrogen-bond acceptors (Lipinski definition) is 6. The summed E-state index contributed by atoms with van der Waals surface area (Å²) in [6.45, 7) is 1.48. The van der Waals surface area contributed by atoms with Gasteiger partial charge in [-0.25, -0.2) is 8.42 Å². The van der Waals surface area contributed by atoms with Crippen LogP contribution in [0.5, 0.6) is 5.75 Å². The first kappa shape index (κ1) is 24.4. The molecule has 0 aliphatic carbocycles. The Morgan fingerprint density at radius 2 is 2.00 bits per heavy atom. The largest absolute Gasteiger partial charge is 0.495 e. The van der Waals surface area contributed by atoms with Gasteiger partial charge < -0.3 is 19.4 Å². The van der Waals surface area contributed by atoms with Crippen LogP contribution in [0.15, 0.2) is 52.6 Å². The van der Waals surface area contributed by atoms with E-state index in [2.05, 4.69) is 15.8 Å². The number of hydrogen-bond donors (Lipinski definition) is 2. The molecule has 2 aromatic carbocycles. The first-order valence-electron chi connectivity index (χ1n) is 10.4. The fraction of sp³-hybridized carbons (Fsp3) is 0.273. The van der Waals surface area contributed by atoms with Gasteiger partial charge in [-0.05, 0) is 48.6 Å². The molecule has 0 radical (unpaired) electrons. The monoisotopic (exact) mass is 521 g/mol. The molecule has 0 atom stereocenters. The molecule has 1 aromatic heterocycles. The zero-order valence-corrected chi connectivity index (χ0v) is 21.0. The number of nitrogens with one attached hydrogen (secondary N) is 2. The van der Waals surface area contributed by atoms with Gasteiger partial charge in [0, 0.05) is 48.5 Å². The number of thiocarbonyl (C=S) groups is 1. The molecule has 1 saturated heterocycles. The summed E-state index contributed by atoms with van der Waals surface area (Å²) in [5.74, 6) is 0.565. The van der Waals surface area contributed by atoms with Crippen molar-refractivity contribution in [3.8, 4) is 5.75 Å². The lowest BCUT2D eigenvalue weighted by molar-refractivity contribution is 0.0730. The topological polar surface area (TPSA) is 97.2 Å². The van der Waals surface area contributed by atoms with Gasteiger partial charge in [-0.3, -0.25) is 5.43 Å². The zero-order chi connectivity index (χ0) is 24.3. The van der Waals surface area contributed by atoms with Gasteiger partial charge in [0.1, 0.15) is 5.75 Å². The standard InChI is InChI=1S/C22H24ClN5O4S2/c1-27-14-15(13-24-26-22(33)25-16-3-6-21(31-2)19(23)11-16)18-12-17(4-5-20(18)27)34(29,30)28-7-9-32-10-8-28/h3-6,11-14H,7-10H2,1-2H3,(H2,25,26,33)/b24-13+. The molecule has 0 spiro atoms. The van der Waals surface area contributed by atoms with Gasteiger partial charge >= 0.3 is 0 Å². The molecule has 3 aromatic rings. The minimum atomic E-state index is -3.60. The third-order valence-electron chi connectivity index (χ3n) is 5.38. The number of benzene rings is 2. The van der Waals surface area contributed by atoms with Crippen LogP contribution in [0, 0.1) is 0 Å². The van der Waals surface area contributed by atoms with Crippen LogP contribution < -0.4 is 15.5 Å². The normalized spacial score (nSPS) is 15.0. The summed E-state index contributed by atoms with van der Waals surface area (Å²) < 4.78 is 39.9. The summed E-state index contributed by atoms with van der Waals surface area (Å²) in [6.07, 6.45) is 3.48. The van der Waals surface area contributed by atoms with Crippen LogP contribution in [-0.4, -0.2) is 62.0 Å². The van der Waals surface area contributed by atoms with Gasteiger partial charge in [0.05, 0.1) is 36.5 Å². The second-order valence-corrected chi connectivity index (χ2v) is 10.3. The summed E-state index contributed by atoms with van der Waals surface area (Å²) in [7, 11) is -0.168. The van der Waals surface area contributed by atoms with E-state index in [-0.39, 0.29) is 10.0 Å². The highest BCUT2D eigenvalue weighted by molar-refractivity contribution is 7.89. The van der Waals surface area contributed by atoms with E-state index >= 15 is 0 Å². The fourth-order valence-electron chi connectivity index (χ4n) is 3.66. The maximum absolute atomic E-state index is 13.1. The smallest absolute Gasteiger partial charge is 0.243 e. The molecule has 0 unspecified atom stereocenters. The molecule has 1 aliphatic heterocycles. The van der Waals surface area contributed by atoms with Crippen molar-refractivity contribution in [2.45, 2.75) is 4.90 Å². The van der Waals surface area contributed by atoms with E-state index < -0.39 is 10.0 Å². The maximum atomic E-state index is 13.1. The molecule has 34 heavy (non-hydrogen) atoms. The molecule has 12 heteroatoms. The van der Waals surface area contributed by atoms with Crippen LogP contribution in [0.4, 0.5) is 5.69 Å². The molecule has 2 heterocycles. The predicted octanol–water partition coefficient (Wildman–Crippen LogP) is 3.18. The van der Waals surface area contributed by atoms with E-state index in [0.29, 0.717) is 42.8 Å². The number of halogens is 1. The highest BCUT2D eigenvalue weighted by atomic mass is 35.5. The highest BCUT2D eigenvalue weighted by Crippen LogP contribution is 2.27. The lowest BCUT2D eigenvalue weighted by atomic mass is 10.2. The molecule has 1 aliphatic rings. The quantitative estimate of drug-likeness (QED) is 0.292. The minimum Gasteiger partial charge on any atom is -0.495 e. The summed E-state index contributed by atoms with van der Waals surface area (Å²) in [5.41, 5.74) is 5.08. The summed E-state index contributed by atoms with van der Waals surface area (Å²) in [5, 5.41) is 8.70. The SMILES string of the molecule is COc1ccc(NC(=S)N/N=C/c2cn(C)c3ccc(S(=O)(=O)N4CCOCC4)cc23)cc1Cl. The summed E-state index contributed by atoms with van der Waals surface area (Å²) in [6, 6.07) is 10.3. The minimum absolute atomic E-state index is 0.240. The maximum Gasteiger partial charge on any atom is 0.243 e. The molecule has 0 amide bonds. The number of sulfonamides is 1. The van der Waals surface area contributed by atoms with Gasteiger partial charge in [0.25, 0.3) is 0 Å². The van der Waals surface area contributed by atoms with Crippen LogP contribution in [0.25, 0.3) is 10.9 Å². The second-order valence-electron chi connectivity index (χ2n) is 7.56. The van der Waals surface area contributed by atoms with E-state index in [4.69, 9.17) is 33.3 Å². The molecular formula is C22H24ClN5O4S2. The lowest BCUT2D eigenvalue weighted by Crippen LogP contribution is -2.40. The third kappa shape index (κ3) is 5.18. The summed E-state index contributed by atoms with van der Waals surface area (Å²) >= 11 is 11.4. The van der Waals surface area contributed by atoms with Crippen LogP contribution in [-0.2, 0) is 21.8 Å². The number of methoxy groups -OCH3 is 1. The number of nitrogens with zero attached hydrogens (tertiary/aromatic N) is 3. The highest BCUT2D eigenvalue weighted by Gasteiger charge is 2.26. The zero-order valence-electron chi connectivity index (χ0n) is 18.6. The van der Waals surface area contributed by atoms with Crippen molar-refractivity contribution in [1.82, 2.24) is 14.3 Å². The Morgan fingerprint density at radius 3 is 2.71 bits per heavy atom. The van der Waals surface area contributed by atoms with Crippen LogP contribution in [0.3, 0.4) is 0 Å². The molecule has 2 N–H and O–H groups in total. The predicted molar refractivity (Wildman–Crippen MR) is 137 cm³/mol. The van der Waals surface area contributed by atoms with Gasteiger partial charge in [0.2, 0.25) is 10.0 Å². The third-order valence-corrected chi connectivity index (χ3v) is 7.76. The number of hydrazone groups is 1. The van der Waals surface area contributed by atoms with Crippen molar-refractivity contribution in [3.63, 3.8) is 0 Å². The Bertz CT molecular complexity index is 1350. The van der Waals surface area contributed by atoms with E-state index in [0.717, 1.165) is 16.5 Å². The number of aryl methyl sites for hydroxylation is 1. The van der Waals surface area contributed by atoms with Crippen molar-refractivity contribution in [1.29, 1.82) is 0 Å². The fourth-order valence-corrected chi connectivity index (χ4v) is 5.53. The van der Waals surface area contributed by atoms with Crippen molar-refractivity contribution in [2.24, 2.45) is 12.1 Å². The molecule has 1 fully saturated rings. The van der Waals surface area contributed by atoms with Crippen LogP contribution in [0.1, 0.15) is 5.56 Å². The van der Waals surface area contributed by atoms with E-state index in [1.54, 1.807) is 49.7 Å². The average molecular weight is 522 g/mol. The van der Waals surface area contributed by atoms with Gasteiger partial charge in [-0.15, -0.1) is 0 Å². The second kappa shape index (κ2) is 10.3. The number of morpholine rings is 1. The Kier molecular flexibility index (Phi) is 7.39. The van der Waals surface area contributed by atoms with Crippen molar-refractivity contribution in [3.05, 3.63) is 53.2 Å². The van der Waals surface area contributed by atoms with E-state index in [1.807, 2.05) is 17.8 Å². The molecule has 4 rings (SSSR count). The number of rotatable bonds is 6. The molecule has 9 nitrogen and oxygen atoms in total. The Hall–Kier alpha value is -2.70. The first-order chi connectivity index (χ1) is 16.3.